The van der Waals surface area contributed by atoms with Crippen molar-refractivity contribution in [1.29, 1.82) is 0 Å². The molecule has 2 heterocycles. The van der Waals surface area contributed by atoms with Gasteiger partial charge in [0.25, 0.3) is 0 Å². The van der Waals surface area contributed by atoms with Crippen LogP contribution in [-0.4, -0.2) is 25.9 Å². The van der Waals surface area contributed by atoms with Crippen LogP contribution in [0.1, 0.15) is 38.7 Å². The van der Waals surface area contributed by atoms with Crippen molar-refractivity contribution in [3.8, 4) is 0 Å². The molecule has 0 saturated carbocycles. The average molecular weight is 275 g/mol. The van der Waals surface area contributed by atoms with Gasteiger partial charge in [-0.25, -0.2) is 9.67 Å². The zero-order valence-corrected chi connectivity index (χ0v) is 12.7. The van der Waals surface area contributed by atoms with Crippen LogP contribution in [0.15, 0.2) is 24.7 Å². The van der Waals surface area contributed by atoms with Crippen LogP contribution in [-0.2, 0) is 19.6 Å². The molecular formula is C15H25N5. The van der Waals surface area contributed by atoms with Crippen LogP contribution < -0.4 is 5.32 Å². The van der Waals surface area contributed by atoms with Gasteiger partial charge in [0.2, 0.25) is 0 Å². The molecule has 0 unspecified atom stereocenters. The molecule has 5 heteroatoms. The molecule has 0 radical (unpaired) electrons. The van der Waals surface area contributed by atoms with E-state index in [1.165, 1.54) is 5.69 Å². The van der Waals surface area contributed by atoms with Gasteiger partial charge in [-0.2, -0.15) is 5.10 Å². The van der Waals surface area contributed by atoms with Crippen molar-refractivity contribution in [2.75, 3.05) is 6.54 Å². The van der Waals surface area contributed by atoms with E-state index in [2.05, 4.69) is 59.1 Å². The summed E-state index contributed by atoms with van der Waals surface area (Å²) >= 11 is 0. The van der Waals surface area contributed by atoms with Gasteiger partial charge in [-0.3, -0.25) is 0 Å². The number of aromatic nitrogens is 4. The Morgan fingerprint density at radius 3 is 2.95 bits per heavy atom. The Morgan fingerprint density at radius 2 is 2.20 bits per heavy atom. The zero-order chi connectivity index (χ0) is 14.4. The second kappa shape index (κ2) is 7.24. The Labute approximate surface area is 121 Å². The highest BCUT2D eigenvalue weighted by Gasteiger charge is 2.08. The van der Waals surface area contributed by atoms with E-state index in [9.17, 15) is 0 Å². The second-order valence-corrected chi connectivity index (χ2v) is 5.56. The number of hydrogen-bond acceptors (Lipinski definition) is 3. The van der Waals surface area contributed by atoms with E-state index in [4.69, 9.17) is 0 Å². The van der Waals surface area contributed by atoms with Gasteiger partial charge in [0, 0.05) is 25.0 Å². The number of nitrogens with one attached hydrogen (secondary N) is 1. The van der Waals surface area contributed by atoms with E-state index in [0.717, 1.165) is 38.4 Å². The summed E-state index contributed by atoms with van der Waals surface area (Å²) in [5, 5.41) is 7.76. The maximum absolute atomic E-state index is 4.39. The molecule has 0 amide bonds. The van der Waals surface area contributed by atoms with E-state index in [1.807, 2.05) is 4.68 Å². The number of rotatable bonds is 8. The summed E-state index contributed by atoms with van der Waals surface area (Å²) in [5.74, 6) is 1.59. The minimum absolute atomic E-state index is 0.575. The van der Waals surface area contributed by atoms with Crippen molar-refractivity contribution < 1.29 is 0 Å². The van der Waals surface area contributed by atoms with Crippen LogP contribution >= 0.6 is 0 Å². The van der Waals surface area contributed by atoms with Gasteiger partial charge in [-0.15, -0.1) is 0 Å². The monoisotopic (exact) mass is 275 g/mol. The standard InChI is InChI=1S/C15H25N5/c1-4-7-16-9-14-6-5-8-19(14)11-15-17-12-18-20(15)10-13(2)3/h5-6,8,12-13,16H,4,7,9-11H2,1-3H3. The van der Waals surface area contributed by atoms with Gasteiger partial charge < -0.3 is 9.88 Å². The highest BCUT2D eigenvalue weighted by molar-refractivity contribution is 5.08. The average Bonchev–Trinajstić information content (AvgIpc) is 3.01. The molecule has 0 bridgehead atoms. The molecule has 0 aliphatic heterocycles. The first kappa shape index (κ1) is 14.8. The van der Waals surface area contributed by atoms with Crippen LogP contribution in [0.25, 0.3) is 0 Å². The molecular weight excluding hydrogens is 250 g/mol. The van der Waals surface area contributed by atoms with E-state index in [1.54, 1.807) is 6.33 Å². The van der Waals surface area contributed by atoms with Crippen molar-refractivity contribution in [1.82, 2.24) is 24.6 Å². The van der Waals surface area contributed by atoms with E-state index in [-0.39, 0.29) is 0 Å². The summed E-state index contributed by atoms with van der Waals surface area (Å²) in [7, 11) is 0. The second-order valence-electron chi connectivity index (χ2n) is 5.56. The van der Waals surface area contributed by atoms with Crippen molar-refractivity contribution in [3.63, 3.8) is 0 Å². The minimum Gasteiger partial charge on any atom is -0.343 e. The third kappa shape index (κ3) is 3.93. The maximum atomic E-state index is 4.39. The molecule has 2 rings (SSSR count). The van der Waals surface area contributed by atoms with Gasteiger partial charge in [0.05, 0.1) is 6.54 Å². The van der Waals surface area contributed by atoms with Crippen LogP contribution in [0.3, 0.4) is 0 Å². The Hall–Kier alpha value is -1.62. The number of hydrogen-bond donors (Lipinski definition) is 1. The maximum Gasteiger partial charge on any atom is 0.146 e. The first-order chi connectivity index (χ1) is 9.70. The van der Waals surface area contributed by atoms with Gasteiger partial charge in [-0.1, -0.05) is 20.8 Å². The molecule has 20 heavy (non-hydrogen) atoms. The first-order valence-electron chi connectivity index (χ1n) is 7.42. The highest BCUT2D eigenvalue weighted by atomic mass is 15.3. The smallest absolute Gasteiger partial charge is 0.146 e. The minimum atomic E-state index is 0.575. The van der Waals surface area contributed by atoms with Gasteiger partial charge in [0.15, 0.2) is 0 Å². The van der Waals surface area contributed by atoms with Crippen molar-refractivity contribution in [2.24, 2.45) is 5.92 Å². The van der Waals surface area contributed by atoms with E-state index < -0.39 is 0 Å². The summed E-state index contributed by atoms with van der Waals surface area (Å²) in [6.45, 7) is 10.2. The summed E-state index contributed by atoms with van der Waals surface area (Å²) in [4.78, 5) is 4.39. The Bertz CT molecular complexity index is 512. The predicted molar refractivity (Wildman–Crippen MR) is 80.4 cm³/mol. The highest BCUT2D eigenvalue weighted by Crippen LogP contribution is 2.07. The molecule has 5 nitrogen and oxygen atoms in total. The normalized spacial score (nSPS) is 11.4. The summed E-state index contributed by atoms with van der Waals surface area (Å²) in [5.41, 5.74) is 1.29. The lowest BCUT2D eigenvalue weighted by Crippen LogP contribution is -2.18. The fraction of sp³-hybridized carbons (Fsp3) is 0.600. The molecule has 0 saturated heterocycles. The Kier molecular flexibility index (Phi) is 5.35. The van der Waals surface area contributed by atoms with Crippen LogP contribution in [0, 0.1) is 5.92 Å². The van der Waals surface area contributed by atoms with Crippen molar-refractivity contribution in [2.45, 2.75) is 46.8 Å². The molecule has 0 atom stereocenters. The lowest BCUT2D eigenvalue weighted by molar-refractivity contribution is 0.459. The van der Waals surface area contributed by atoms with Crippen molar-refractivity contribution in [3.05, 3.63) is 36.2 Å². The van der Waals surface area contributed by atoms with Crippen molar-refractivity contribution >= 4 is 0 Å². The zero-order valence-electron chi connectivity index (χ0n) is 12.7. The van der Waals surface area contributed by atoms with Crippen LogP contribution in [0.2, 0.25) is 0 Å². The van der Waals surface area contributed by atoms with Gasteiger partial charge in [0.1, 0.15) is 12.2 Å². The molecule has 0 fully saturated rings. The topological polar surface area (TPSA) is 47.7 Å². The Morgan fingerprint density at radius 1 is 1.35 bits per heavy atom. The summed E-state index contributed by atoms with van der Waals surface area (Å²) in [6, 6.07) is 4.25. The van der Waals surface area contributed by atoms with E-state index in [0.29, 0.717) is 5.92 Å². The third-order valence-corrected chi connectivity index (χ3v) is 3.20. The van der Waals surface area contributed by atoms with E-state index >= 15 is 0 Å². The SMILES string of the molecule is CCCNCc1cccn1Cc1ncnn1CC(C)C. The summed E-state index contributed by atoms with van der Waals surface area (Å²) in [6.07, 6.45) is 4.91. The molecule has 2 aromatic heterocycles. The molecule has 1 N–H and O–H groups in total. The Balaban J connectivity index is 2.03. The fourth-order valence-corrected chi connectivity index (χ4v) is 2.22. The molecule has 0 aliphatic carbocycles. The lowest BCUT2D eigenvalue weighted by atomic mass is 10.2. The van der Waals surface area contributed by atoms with Crippen LogP contribution in [0.5, 0.6) is 0 Å². The van der Waals surface area contributed by atoms with Gasteiger partial charge in [-0.05, 0) is 31.0 Å². The van der Waals surface area contributed by atoms with Crippen LogP contribution in [0.4, 0.5) is 0 Å². The summed E-state index contributed by atoms with van der Waals surface area (Å²) < 4.78 is 4.25. The quantitative estimate of drug-likeness (QED) is 0.752. The first-order valence-corrected chi connectivity index (χ1v) is 7.42. The fourth-order valence-electron chi connectivity index (χ4n) is 2.22. The predicted octanol–water partition coefficient (Wildman–Crippen LogP) is 2.28. The largest absolute Gasteiger partial charge is 0.343 e. The molecule has 0 aromatic carbocycles. The van der Waals surface area contributed by atoms with Gasteiger partial charge >= 0.3 is 0 Å². The third-order valence-electron chi connectivity index (χ3n) is 3.20. The number of nitrogens with zero attached hydrogens (tertiary/aromatic N) is 4. The molecule has 2 aromatic rings. The molecule has 0 aliphatic rings. The lowest BCUT2D eigenvalue weighted by Gasteiger charge is -2.12. The molecule has 0 spiro atoms. The molecule has 110 valence electrons.